The van der Waals surface area contributed by atoms with Crippen LogP contribution in [0.2, 0.25) is 20.2 Å². The van der Waals surface area contributed by atoms with Crippen molar-refractivity contribution in [2.24, 2.45) is 0 Å². The molecule has 0 fully saturated rings. The topological polar surface area (TPSA) is 9.23 Å². The van der Waals surface area contributed by atoms with Gasteiger partial charge in [-0.15, -0.1) is 0 Å². The van der Waals surface area contributed by atoms with E-state index in [9.17, 15) is 0 Å². The van der Waals surface area contributed by atoms with Crippen molar-refractivity contribution in [3.63, 3.8) is 0 Å². The van der Waals surface area contributed by atoms with Crippen molar-refractivity contribution < 1.29 is 4.74 Å². The predicted molar refractivity (Wildman–Crippen MR) is 145 cm³/mol. The van der Waals surface area contributed by atoms with Crippen LogP contribution in [0.15, 0.2) is 48.5 Å². The van der Waals surface area contributed by atoms with Crippen LogP contribution in [0.3, 0.4) is 0 Å². The fourth-order valence-corrected chi connectivity index (χ4v) is 16.5. The van der Waals surface area contributed by atoms with Crippen LogP contribution < -0.4 is 15.1 Å². The highest BCUT2D eigenvalue weighted by Gasteiger charge is 2.38. The molecule has 1 nitrogen and oxygen atoms in total. The summed E-state index contributed by atoms with van der Waals surface area (Å²) in [6, 6.07) is 17.8. The number of hydrogen-bond donors (Lipinski definition) is 0. The molecule has 31 heavy (non-hydrogen) atoms. The molecule has 0 amide bonds. The van der Waals surface area contributed by atoms with Crippen LogP contribution in [0.5, 0.6) is 11.5 Å². The molecule has 0 aliphatic heterocycles. The lowest BCUT2D eigenvalue weighted by atomic mass is 10.2. The van der Waals surface area contributed by atoms with Crippen molar-refractivity contribution in [3.05, 3.63) is 48.5 Å². The van der Waals surface area contributed by atoms with Gasteiger partial charge in [-0.05, 0) is 44.4 Å². The molecule has 0 heterocycles. The van der Waals surface area contributed by atoms with Crippen LogP contribution in [-0.2, 0) is 0 Å². The molecule has 0 radical (unpaired) electrons. The average Bonchev–Trinajstić information content (AvgIpc) is 2.53. The van der Waals surface area contributed by atoms with E-state index in [0.29, 0.717) is 20.2 Å². The Labute approximate surface area is 195 Å². The van der Waals surface area contributed by atoms with Gasteiger partial charge < -0.3 is 4.74 Å². The fourth-order valence-electron chi connectivity index (χ4n) is 6.19. The smallest absolute Gasteiger partial charge is 0.127 e. The van der Waals surface area contributed by atoms with Gasteiger partial charge in [0.1, 0.15) is 11.5 Å². The summed E-state index contributed by atoms with van der Waals surface area (Å²) in [4.78, 5) is 0. The van der Waals surface area contributed by atoms with E-state index in [2.05, 4.69) is 132 Å². The minimum Gasteiger partial charge on any atom is -0.457 e. The molecule has 0 saturated carbocycles. The van der Waals surface area contributed by atoms with Crippen LogP contribution in [0.1, 0.15) is 83.1 Å². The lowest BCUT2D eigenvalue weighted by Crippen LogP contribution is -2.45. The quantitative estimate of drug-likeness (QED) is 0.433. The molecular formula is C28H46OSi2. The van der Waals surface area contributed by atoms with E-state index in [0.717, 1.165) is 11.5 Å². The van der Waals surface area contributed by atoms with Gasteiger partial charge in [0, 0.05) is 0 Å². The second-order valence-corrected chi connectivity index (χ2v) is 23.6. The summed E-state index contributed by atoms with van der Waals surface area (Å²) in [6.07, 6.45) is 0. The molecule has 0 aliphatic carbocycles. The van der Waals surface area contributed by atoms with Crippen molar-refractivity contribution in [2.75, 3.05) is 0 Å². The summed E-state index contributed by atoms with van der Waals surface area (Å²) in [5.74, 6) is 1.85. The Morgan fingerprint density at radius 3 is 0.839 bits per heavy atom. The lowest BCUT2D eigenvalue weighted by Gasteiger charge is -2.40. The third kappa shape index (κ3) is 6.82. The SMILES string of the molecule is CC(C)(C)[SiH](c1ccc(Oc2ccc([SiH](C(C)(C)C)C(C)(C)C)cc2)cc1)C(C)(C)C. The zero-order chi connectivity index (χ0) is 23.8. The summed E-state index contributed by atoms with van der Waals surface area (Å²) in [7, 11) is -2.35. The van der Waals surface area contributed by atoms with E-state index in [1.54, 1.807) is 0 Å². The maximum Gasteiger partial charge on any atom is 0.127 e. The first kappa shape index (κ1) is 25.9. The molecule has 2 rings (SSSR count). The Morgan fingerprint density at radius 2 is 0.645 bits per heavy atom. The number of ether oxygens (including phenoxy) is 1. The summed E-state index contributed by atoms with van der Waals surface area (Å²) >= 11 is 0. The van der Waals surface area contributed by atoms with Gasteiger partial charge in [-0.2, -0.15) is 0 Å². The van der Waals surface area contributed by atoms with Crippen LogP contribution >= 0.6 is 0 Å². The summed E-state index contributed by atoms with van der Waals surface area (Å²) in [6.45, 7) is 28.7. The molecule has 2 aromatic carbocycles. The molecule has 0 bridgehead atoms. The van der Waals surface area contributed by atoms with E-state index >= 15 is 0 Å². The molecule has 0 aromatic heterocycles. The largest absolute Gasteiger partial charge is 0.457 e. The first-order chi connectivity index (χ1) is 13.9. The van der Waals surface area contributed by atoms with Crippen molar-refractivity contribution >= 4 is 28.0 Å². The maximum absolute atomic E-state index is 6.22. The molecule has 3 heteroatoms. The van der Waals surface area contributed by atoms with Crippen LogP contribution in [-0.4, -0.2) is 17.6 Å². The Balaban J connectivity index is 2.23. The molecule has 0 aliphatic rings. The van der Waals surface area contributed by atoms with E-state index in [1.165, 1.54) is 10.4 Å². The second kappa shape index (κ2) is 8.90. The van der Waals surface area contributed by atoms with E-state index in [-0.39, 0.29) is 0 Å². The highest BCUT2D eigenvalue weighted by molar-refractivity contribution is 6.78. The normalized spacial score (nSPS) is 13.7. The summed E-state index contributed by atoms with van der Waals surface area (Å²) in [5, 5.41) is 4.42. The minimum atomic E-state index is -1.18. The van der Waals surface area contributed by atoms with Gasteiger partial charge in [0.15, 0.2) is 0 Å². The highest BCUT2D eigenvalue weighted by atomic mass is 28.3. The van der Waals surface area contributed by atoms with Crippen molar-refractivity contribution in [3.8, 4) is 11.5 Å². The first-order valence-electron chi connectivity index (χ1n) is 11.8. The van der Waals surface area contributed by atoms with Crippen LogP contribution in [0.25, 0.3) is 0 Å². The number of benzene rings is 2. The highest BCUT2D eigenvalue weighted by Crippen LogP contribution is 2.42. The van der Waals surface area contributed by atoms with E-state index in [4.69, 9.17) is 4.74 Å². The van der Waals surface area contributed by atoms with E-state index in [1.807, 2.05) is 0 Å². The van der Waals surface area contributed by atoms with Gasteiger partial charge in [0.05, 0.1) is 17.6 Å². The predicted octanol–water partition coefficient (Wildman–Crippen LogP) is 7.55. The maximum atomic E-state index is 6.22. The van der Waals surface area contributed by atoms with Gasteiger partial charge in [0.25, 0.3) is 0 Å². The van der Waals surface area contributed by atoms with Gasteiger partial charge in [-0.1, -0.05) is 118 Å². The molecule has 172 valence electrons. The van der Waals surface area contributed by atoms with Gasteiger partial charge >= 0.3 is 0 Å². The molecule has 0 N–H and O–H groups in total. The Hall–Kier alpha value is -1.33. The Bertz CT molecular complexity index is 737. The number of hydrogen-bond acceptors (Lipinski definition) is 1. The van der Waals surface area contributed by atoms with Crippen LogP contribution in [0.4, 0.5) is 0 Å². The third-order valence-electron chi connectivity index (χ3n) is 6.13. The molecule has 0 saturated heterocycles. The molecule has 0 unspecified atom stereocenters. The second-order valence-electron chi connectivity index (χ2n) is 13.6. The first-order valence-corrected chi connectivity index (χ1v) is 15.2. The average molecular weight is 455 g/mol. The third-order valence-corrected chi connectivity index (χ3v) is 15.2. The molecule has 0 spiro atoms. The number of rotatable bonds is 4. The Morgan fingerprint density at radius 1 is 0.419 bits per heavy atom. The zero-order valence-electron chi connectivity index (χ0n) is 22.2. The monoisotopic (exact) mass is 454 g/mol. The van der Waals surface area contributed by atoms with Gasteiger partial charge in [-0.25, -0.2) is 0 Å². The molecule has 2 aromatic rings. The zero-order valence-corrected chi connectivity index (χ0v) is 24.5. The summed E-state index contributed by atoms with van der Waals surface area (Å²) in [5.41, 5.74) is 0. The van der Waals surface area contributed by atoms with E-state index < -0.39 is 17.6 Å². The summed E-state index contributed by atoms with van der Waals surface area (Å²) < 4.78 is 6.22. The molecular weight excluding hydrogens is 408 g/mol. The van der Waals surface area contributed by atoms with Gasteiger partial charge in [0.2, 0.25) is 0 Å². The van der Waals surface area contributed by atoms with Crippen molar-refractivity contribution in [2.45, 2.75) is 103 Å². The standard InChI is InChI=1S/C28H46OSi2/c1-25(2,3)30(26(4,5)6)23-17-13-21(14-18-23)29-22-15-19-24(20-16-22)31(27(7,8)9)28(10,11)12/h13-20,30-31H,1-12H3. The van der Waals surface area contributed by atoms with Crippen molar-refractivity contribution in [1.29, 1.82) is 0 Å². The van der Waals surface area contributed by atoms with Gasteiger partial charge in [-0.3, -0.25) is 0 Å². The minimum absolute atomic E-state index is 0.344. The van der Waals surface area contributed by atoms with Crippen LogP contribution in [0, 0.1) is 0 Å². The Kier molecular flexibility index (Phi) is 7.44. The van der Waals surface area contributed by atoms with Crippen molar-refractivity contribution in [1.82, 2.24) is 0 Å². The fraction of sp³-hybridized carbons (Fsp3) is 0.571. The lowest BCUT2D eigenvalue weighted by molar-refractivity contribution is 0.483. The molecule has 0 atom stereocenters.